The van der Waals surface area contributed by atoms with Crippen LogP contribution in [0, 0.1) is 11.2 Å². The Labute approximate surface area is 158 Å². The minimum absolute atomic E-state index is 0.134. The standard InChI is InChI=1S/C21H24FN3O2/c1-27-17-6-7-18(22)16(13-17)14-24-11-4-8-21(20(24)26)9-12-25(15-21)19-5-2-3-10-23-19/h2-3,5-7,10,13H,4,8-9,11-12,14-15H2,1H3/t21-/m0/s1. The third-order valence-electron chi connectivity index (χ3n) is 5.77. The topological polar surface area (TPSA) is 45.7 Å². The first-order valence-corrected chi connectivity index (χ1v) is 9.39. The largest absolute Gasteiger partial charge is 0.497 e. The number of piperidine rings is 1. The van der Waals surface area contributed by atoms with Crippen LogP contribution in [0.2, 0.25) is 0 Å². The molecule has 0 saturated carbocycles. The van der Waals surface area contributed by atoms with E-state index in [4.69, 9.17) is 4.74 Å². The molecule has 1 amide bonds. The van der Waals surface area contributed by atoms with Gasteiger partial charge in [-0.25, -0.2) is 9.37 Å². The number of pyridine rings is 1. The van der Waals surface area contributed by atoms with Crippen LogP contribution >= 0.6 is 0 Å². The molecule has 1 aromatic carbocycles. The Kier molecular flexibility index (Phi) is 4.72. The molecule has 0 N–H and O–H groups in total. The molecule has 0 aliphatic carbocycles. The van der Waals surface area contributed by atoms with Crippen LogP contribution in [0.1, 0.15) is 24.8 Å². The molecule has 2 aliphatic heterocycles. The number of rotatable bonds is 4. The molecule has 1 spiro atoms. The van der Waals surface area contributed by atoms with Crippen molar-refractivity contribution in [3.8, 4) is 5.75 Å². The fraction of sp³-hybridized carbons (Fsp3) is 0.429. The van der Waals surface area contributed by atoms with E-state index < -0.39 is 0 Å². The van der Waals surface area contributed by atoms with Crippen molar-refractivity contribution < 1.29 is 13.9 Å². The summed E-state index contributed by atoms with van der Waals surface area (Å²) in [6, 6.07) is 10.5. The summed E-state index contributed by atoms with van der Waals surface area (Å²) in [4.78, 5) is 21.7. The Hall–Kier alpha value is -2.63. The van der Waals surface area contributed by atoms with Crippen LogP contribution in [0.4, 0.5) is 10.2 Å². The van der Waals surface area contributed by atoms with Crippen molar-refractivity contribution in [2.75, 3.05) is 31.6 Å². The Bertz CT molecular complexity index is 829. The average Bonchev–Trinajstić information content (AvgIpc) is 3.13. The lowest BCUT2D eigenvalue weighted by Gasteiger charge is -2.39. The molecule has 1 atom stereocenters. The predicted molar refractivity (Wildman–Crippen MR) is 101 cm³/mol. The number of benzene rings is 1. The van der Waals surface area contributed by atoms with E-state index in [0.717, 1.165) is 31.6 Å². The monoisotopic (exact) mass is 369 g/mol. The van der Waals surface area contributed by atoms with E-state index in [9.17, 15) is 9.18 Å². The Morgan fingerprint density at radius 1 is 1.22 bits per heavy atom. The molecule has 2 aromatic rings. The van der Waals surface area contributed by atoms with E-state index in [-0.39, 0.29) is 23.7 Å². The van der Waals surface area contributed by atoms with Crippen molar-refractivity contribution in [2.24, 2.45) is 5.41 Å². The maximum Gasteiger partial charge on any atom is 0.230 e. The van der Waals surface area contributed by atoms with Crippen LogP contribution in [0.25, 0.3) is 0 Å². The summed E-state index contributed by atoms with van der Waals surface area (Å²) in [6.45, 7) is 2.46. The summed E-state index contributed by atoms with van der Waals surface area (Å²) in [6.07, 6.45) is 4.42. The Balaban J connectivity index is 1.52. The smallest absolute Gasteiger partial charge is 0.230 e. The molecule has 27 heavy (non-hydrogen) atoms. The van der Waals surface area contributed by atoms with Crippen molar-refractivity contribution in [1.29, 1.82) is 0 Å². The van der Waals surface area contributed by atoms with Gasteiger partial charge in [-0.15, -0.1) is 0 Å². The SMILES string of the molecule is COc1ccc(F)c(CN2CCC[C@@]3(CCN(c4ccccn4)C3)C2=O)c1. The summed E-state index contributed by atoms with van der Waals surface area (Å²) < 4.78 is 19.4. The van der Waals surface area contributed by atoms with Crippen LogP contribution in [-0.2, 0) is 11.3 Å². The van der Waals surface area contributed by atoms with E-state index in [1.807, 2.05) is 23.1 Å². The number of carbonyl (C=O) groups excluding carboxylic acids is 1. The number of likely N-dealkylation sites (tertiary alicyclic amines) is 1. The van der Waals surface area contributed by atoms with E-state index >= 15 is 0 Å². The maximum atomic E-state index is 14.2. The lowest BCUT2D eigenvalue weighted by molar-refractivity contribution is -0.145. The maximum absolute atomic E-state index is 14.2. The number of hydrogen-bond donors (Lipinski definition) is 0. The number of carbonyl (C=O) groups is 1. The Morgan fingerprint density at radius 2 is 2.11 bits per heavy atom. The van der Waals surface area contributed by atoms with Crippen LogP contribution in [0.5, 0.6) is 5.75 Å². The van der Waals surface area contributed by atoms with Gasteiger partial charge in [0.05, 0.1) is 12.5 Å². The average molecular weight is 369 g/mol. The Morgan fingerprint density at radius 3 is 2.89 bits per heavy atom. The van der Waals surface area contributed by atoms with Gasteiger partial charge in [-0.3, -0.25) is 4.79 Å². The highest BCUT2D eigenvalue weighted by Gasteiger charge is 2.48. The molecule has 6 heteroatoms. The lowest BCUT2D eigenvalue weighted by atomic mass is 9.78. The number of nitrogens with zero attached hydrogens (tertiary/aromatic N) is 3. The van der Waals surface area contributed by atoms with Gasteiger partial charge < -0.3 is 14.5 Å². The highest BCUT2D eigenvalue weighted by atomic mass is 19.1. The minimum Gasteiger partial charge on any atom is -0.497 e. The molecule has 0 radical (unpaired) electrons. The number of aromatic nitrogens is 1. The molecular weight excluding hydrogens is 345 g/mol. The second-order valence-corrected chi connectivity index (χ2v) is 7.43. The van der Waals surface area contributed by atoms with Gasteiger partial charge in [0.1, 0.15) is 17.4 Å². The van der Waals surface area contributed by atoms with Crippen molar-refractivity contribution in [1.82, 2.24) is 9.88 Å². The van der Waals surface area contributed by atoms with E-state index in [0.29, 0.717) is 24.4 Å². The van der Waals surface area contributed by atoms with Crippen LogP contribution in [0.3, 0.4) is 0 Å². The summed E-state index contributed by atoms with van der Waals surface area (Å²) in [5.74, 6) is 1.35. The summed E-state index contributed by atoms with van der Waals surface area (Å²) in [7, 11) is 1.56. The number of ether oxygens (including phenoxy) is 1. The molecular formula is C21H24FN3O2. The summed E-state index contributed by atoms with van der Waals surface area (Å²) >= 11 is 0. The summed E-state index contributed by atoms with van der Waals surface area (Å²) in [5.41, 5.74) is 0.116. The first-order chi connectivity index (χ1) is 13.1. The van der Waals surface area contributed by atoms with Gasteiger partial charge >= 0.3 is 0 Å². The highest BCUT2D eigenvalue weighted by molar-refractivity contribution is 5.85. The molecule has 1 aromatic heterocycles. The van der Waals surface area contributed by atoms with Crippen molar-refractivity contribution >= 4 is 11.7 Å². The number of amides is 1. The van der Waals surface area contributed by atoms with Crippen molar-refractivity contribution in [2.45, 2.75) is 25.8 Å². The van der Waals surface area contributed by atoms with E-state index in [1.54, 1.807) is 25.4 Å². The molecule has 2 saturated heterocycles. The van der Waals surface area contributed by atoms with Gasteiger partial charge in [-0.05, 0) is 49.6 Å². The number of methoxy groups -OCH3 is 1. The second-order valence-electron chi connectivity index (χ2n) is 7.43. The van der Waals surface area contributed by atoms with Crippen LogP contribution in [0.15, 0.2) is 42.6 Å². The molecule has 3 heterocycles. The van der Waals surface area contributed by atoms with E-state index in [1.165, 1.54) is 6.07 Å². The molecule has 4 rings (SSSR count). The molecule has 5 nitrogen and oxygen atoms in total. The zero-order valence-corrected chi connectivity index (χ0v) is 15.5. The minimum atomic E-state index is -0.384. The third kappa shape index (κ3) is 3.36. The van der Waals surface area contributed by atoms with Crippen molar-refractivity contribution in [3.63, 3.8) is 0 Å². The molecule has 2 aliphatic rings. The quantitative estimate of drug-likeness (QED) is 0.830. The molecule has 0 unspecified atom stereocenters. The van der Waals surface area contributed by atoms with Gasteiger partial charge in [0, 0.05) is 37.9 Å². The fourth-order valence-corrected chi connectivity index (χ4v) is 4.30. The van der Waals surface area contributed by atoms with Gasteiger partial charge in [-0.2, -0.15) is 0 Å². The molecule has 0 bridgehead atoms. The number of hydrogen-bond acceptors (Lipinski definition) is 4. The zero-order valence-electron chi connectivity index (χ0n) is 15.5. The third-order valence-corrected chi connectivity index (χ3v) is 5.77. The number of halogens is 1. The number of anilines is 1. The van der Waals surface area contributed by atoms with E-state index in [2.05, 4.69) is 9.88 Å². The normalized spacial score (nSPS) is 22.5. The zero-order chi connectivity index (χ0) is 18.9. The second kappa shape index (κ2) is 7.18. The predicted octanol–water partition coefficient (Wildman–Crippen LogP) is 3.25. The lowest BCUT2D eigenvalue weighted by Crippen LogP contribution is -2.49. The first-order valence-electron chi connectivity index (χ1n) is 9.39. The van der Waals surface area contributed by atoms with Crippen LogP contribution < -0.4 is 9.64 Å². The van der Waals surface area contributed by atoms with Crippen LogP contribution in [-0.4, -0.2) is 42.5 Å². The van der Waals surface area contributed by atoms with Gasteiger partial charge in [0.15, 0.2) is 0 Å². The first kappa shape index (κ1) is 17.8. The fourth-order valence-electron chi connectivity index (χ4n) is 4.30. The van der Waals surface area contributed by atoms with Crippen molar-refractivity contribution in [3.05, 3.63) is 54.0 Å². The molecule has 2 fully saturated rings. The summed E-state index contributed by atoms with van der Waals surface area (Å²) in [5, 5.41) is 0. The van der Waals surface area contributed by atoms with Gasteiger partial charge in [0.2, 0.25) is 5.91 Å². The highest BCUT2D eigenvalue weighted by Crippen LogP contribution is 2.41. The van der Waals surface area contributed by atoms with Gasteiger partial charge in [0.25, 0.3) is 0 Å². The van der Waals surface area contributed by atoms with Gasteiger partial charge in [-0.1, -0.05) is 6.07 Å². The molecule has 142 valence electrons.